The molecule has 0 spiro atoms. The fraction of sp³-hybridized carbons (Fsp3) is 0.421. The minimum Gasteiger partial charge on any atom is -0.494 e. The van der Waals surface area contributed by atoms with Crippen molar-refractivity contribution in [3.05, 3.63) is 54.9 Å². The molecule has 0 radical (unpaired) electrons. The molecule has 0 unspecified atom stereocenters. The maximum atomic E-state index is 5.43. The van der Waals surface area contributed by atoms with Crippen molar-refractivity contribution in [1.29, 1.82) is 0 Å². The number of ether oxygens (including phenoxy) is 1. The van der Waals surface area contributed by atoms with Gasteiger partial charge >= 0.3 is 0 Å². The molecule has 0 atom stereocenters. The number of piperazine rings is 1. The van der Waals surface area contributed by atoms with Crippen molar-refractivity contribution in [2.75, 3.05) is 39.8 Å². The number of aromatic nitrogens is 5. The summed E-state index contributed by atoms with van der Waals surface area (Å²) in [4.78, 5) is 8.95. The van der Waals surface area contributed by atoms with Crippen molar-refractivity contribution < 1.29 is 4.74 Å². The third-order valence-electron chi connectivity index (χ3n) is 4.95. The second-order valence-corrected chi connectivity index (χ2v) is 6.74. The van der Waals surface area contributed by atoms with Crippen molar-refractivity contribution in [3.8, 4) is 11.4 Å². The first-order valence-corrected chi connectivity index (χ1v) is 9.26. The van der Waals surface area contributed by atoms with Gasteiger partial charge in [0.25, 0.3) is 0 Å². The molecule has 0 bridgehead atoms. The van der Waals surface area contributed by atoms with Crippen molar-refractivity contribution in [3.63, 3.8) is 0 Å². The number of hydrogen-bond donors (Lipinski definition) is 0. The van der Waals surface area contributed by atoms with Crippen LogP contribution >= 0.6 is 0 Å². The van der Waals surface area contributed by atoms with Gasteiger partial charge in [-0.2, -0.15) is 10.2 Å². The molecule has 8 heteroatoms. The molecule has 2 aromatic heterocycles. The molecule has 3 aromatic rings. The van der Waals surface area contributed by atoms with E-state index in [2.05, 4.69) is 31.2 Å². The monoisotopic (exact) mass is 367 g/mol. The van der Waals surface area contributed by atoms with Crippen LogP contribution in [0.15, 0.2) is 49.3 Å². The predicted molar refractivity (Wildman–Crippen MR) is 102 cm³/mol. The lowest BCUT2D eigenvalue weighted by atomic mass is 10.2. The van der Waals surface area contributed by atoms with Crippen LogP contribution in [0.1, 0.15) is 5.56 Å². The molecule has 3 heterocycles. The fourth-order valence-electron chi connectivity index (χ4n) is 3.41. The number of benzene rings is 1. The molecule has 1 saturated heterocycles. The third-order valence-corrected chi connectivity index (χ3v) is 4.95. The lowest BCUT2D eigenvalue weighted by molar-refractivity contribution is 0.123. The number of hydrogen-bond acceptors (Lipinski definition) is 6. The Bertz CT molecular complexity index is 837. The van der Waals surface area contributed by atoms with E-state index in [4.69, 9.17) is 4.74 Å². The van der Waals surface area contributed by atoms with Gasteiger partial charge in [-0.25, -0.2) is 9.67 Å². The maximum absolute atomic E-state index is 5.43. The Balaban J connectivity index is 1.29. The lowest BCUT2D eigenvalue weighted by Crippen LogP contribution is -2.46. The van der Waals surface area contributed by atoms with Gasteiger partial charge in [0.1, 0.15) is 24.1 Å². The summed E-state index contributed by atoms with van der Waals surface area (Å²) in [5, 5.41) is 8.68. The van der Waals surface area contributed by atoms with Gasteiger partial charge in [0.2, 0.25) is 0 Å². The summed E-state index contributed by atoms with van der Waals surface area (Å²) in [6.07, 6.45) is 7.40. The van der Waals surface area contributed by atoms with Crippen LogP contribution in [0.2, 0.25) is 0 Å². The van der Waals surface area contributed by atoms with E-state index in [0.717, 1.165) is 57.3 Å². The van der Waals surface area contributed by atoms with Gasteiger partial charge in [-0.05, 0) is 12.1 Å². The summed E-state index contributed by atoms with van der Waals surface area (Å²) in [5.74, 6) is 0.827. The van der Waals surface area contributed by atoms with E-state index >= 15 is 0 Å². The van der Waals surface area contributed by atoms with Gasteiger partial charge in [-0.15, -0.1) is 0 Å². The van der Waals surface area contributed by atoms with E-state index in [1.807, 2.05) is 39.8 Å². The van der Waals surface area contributed by atoms with Crippen LogP contribution in [-0.2, 0) is 13.1 Å². The predicted octanol–water partition coefficient (Wildman–Crippen LogP) is 1.29. The molecule has 1 aromatic carbocycles. The first-order valence-electron chi connectivity index (χ1n) is 9.26. The number of nitrogens with zero attached hydrogens (tertiary/aromatic N) is 7. The van der Waals surface area contributed by atoms with E-state index in [1.165, 1.54) is 5.56 Å². The Labute approximate surface area is 159 Å². The minimum atomic E-state index is 0.827. The first-order chi connectivity index (χ1) is 13.3. The molecule has 0 N–H and O–H groups in total. The van der Waals surface area contributed by atoms with Crippen LogP contribution < -0.4 is 4.74 Å². The highest BCUT2D eigenvalue weighted by Crippen LogP contribution is 2.22. The highest BCUT2D eigenvalue weighted by atomic mass is 16.5. The topological polar surface area (TPSA) is 64.2 Å². The number of para-hydroxylation sites is 2. The van der Waals surface area contributed by atoms with Gasteiger partial charge in [-0.3, -0.25) is 14.5 Å². The molecule has 0 aliphatic carbocycles. The van der Waals surface area contributed by atoms with Crippen LogP contribution in [0.5, 0.6) is 5.75 Å². The smallest absolute Gasteiger partial charge is 0.144 e. The van der Waals surface area contributed by atoms with E-state index < -0.39 is 0 Å². The molecule has 1 aliphatic heterocycles. The normalized spacial score (nSPS) is 15.9. The summed E-state index contributed by atoms with van der Waals surface area (Å²) in [6.45, 7) is 7.12. The fourth-order valence-corrected chi connectivity index (χ4v) is 3.41. The number of rotatable bonds is 7. The van der Waals surface area contributed by atoms with E-state index in [0.29, 0.717) is 0 Å². The quantitative estimate of drug-likeness (QED) is 0.627. The second-order valence-electron chi connectivity index (χ2n) is 6.74. The average molecular weight is 367 g/mol. The summed E-state index contributed by atoms with van der Waals surface area (Å²) >= 11 is 0. The van der Waals surface area contributed by atoms with Crippen LogP contribution in [0, 0.1) is 0 Å². The van der Waals surface area contributed by atoms with Crippen LogP contribution in [0.4, 0.5) is 0 Å². The molecule has 27 heavy (non-hydrogen) atoms. The maximum Gasteiger partial charge on any atom is 0.144 e. The zero-order chi connectivity index (χ0) is 18.5. The van der Waals surface area contributed by atoms with Gasteiger partial charge in [0.15, 0.2) is 0 Å². The van der Waals surface area contributed by atoms with E-state index in [1.54, 1.807) is 19.8 Å². The third kappa shape index (κ3) is 4.35. The second kappa shape index (κ2) is 8.32. The SMILES string of the molecule is COc1ccccc1-n1cc(CN2CCN(CCn3cncn3)CC2)cn1. The molecule has 0 amide bonds. The molecule has 8 nitrogen and oxygen atoms in total. The first kappa shape index (κ1) is 17.7. The molecule has 1 fully saturated rings. The van der Waals surface area contributed by atoms with Crippen molar-refractivity contribution in [2.24, 2.45) is 0 Å². The van der Waals surface area contributed by atoms with Gasteiger partial charge in [0.05, 0.1) is 19.9 Å². The van der Waals surface area contributed by atoms with Crippen LogP contribution in [0.3, 0.4) is 0 Å². The molecular weight excluding hydrogens is 342 g/mol. The van der Waals surface area contributed by atoms with Crippen LogP contribution in [0.25, 0.3) is 5.69 Å². The minimum absolute atomic E-state index is 0.827. The average Bonchev–Trinajstić information content (AvgIpc) is 3.39. The standard InChI is InChI=1S/C19H25N7O/c1-27-19-5-3-2-4-18(19)26-14-17(12-21-26)13-24-8-6-23(7-9-24)10-11-25-16-20-15-22-25/h2-5,12,14-16H,6-11,13H2,1H3. The lowest BCUT2D eigenvalue weighted by Gasteiger charge is -2.34. The Hall–Kier alpha value is -2.71. The van der Waals surface area contributed by atoms with Gasteiger partial charge in [0, 0.05) is 51.0 Å². The largest absolute Gasteiger partial charge is 0.494 e. The summed E-state index contributed by atoms with van der Waals surface area (Å²) < 4.78 is 9.21. The molecule has 4 rings (SSSR count). The number of methoxy groups -OCH3 is 1. The molecule has 142 valence electrons. The van der Waals surface area contributed by atoms with Crippen LogP contribution in [-0.4, -0.2) is 74.2 Å². The highest BCUT2D eigenvalue weighted by Gasteiger charge is 2.17. The van der Waals surface area contributed by atoms with Crippen molar-refractivity contribution in [2.45, 2.75) is 13.1 Å². The summed E-state index contributed by atoms with van der Waals surface area (Å²) in [6, 6.07) is 7.94. The van der Waals surface area contributed by atoms with Crippen molar-refractivity contribution in [1.82, 2.24) is 34.3 Å². The summed E-state index contributed by atoms with van der Waals surface area (Å²) in [7, 11) is 1.69. The Morgan fingerprint density at radius 1 is 1.00 bits per heavy atom. The molecule has 1 aliphatic rings. The van der Waals surface area contributed by atoms with Gasteiger partial charge < -0.3 is 4.74 Å². The Morgan fingerprint density at radius 2 is 1.81 bits per heavy atom. The van der Waals surface area contributed by atoms with E-state index in [-0.39, 0.29) is 0 Å². The molecular formula is C19H25N7O. The molecule has 0 saturated carbocycles. The zero-order valence-electron chi connectivity index (χ0n) is 15.6. The summed E-state index contributed by atoms with van der Waals surface area (Å²) in [5.41, 5.74) is 2.18. The highest BCUT2D eigenvalue weighted by molar-refractivity contribution is 5.46. The zero-order valence-corrected chi connectivity index (χ0v) is 15.6. The Kier molecular flexibility index (Phi) is 5.45. The van der Waals surface area contributed by atoms with E-state index in [9.17, 15) is 0 Å². The van der Waals surface area contributed by atoms with Crippen molar-refractivity contribution >= 4 is 0 Å². The Morgan fingerprint density at radius 3 is 2.59 bits per heavy atom. The van der Waals surface area contributed by atoms with Gasteiger partial charge in [-0.1, -0.05) is 12.1 Å².